The minimum Gasteiger partial charge on any atom is -0.325 e. The van der Waals surface area contributed by atoms with Gasteiger partial charge in [-0.1, -0.05) is 24.8 Å². The third-order valence-corrected chi connectivity index (χ3v) is 3.84. The average Bonchev–Trinajstić information content (AvgIpc) is 2.80. The largest absolute Gasteiger partial charge is 0.416 e. The predicted octanol–water partition coefficient (Wildman–Crippen LogP) is 3.77. The smallest absolute Gasteiger partial charge is 0.325 e. The number of fused-ring (bicyclic) bond motifs is 1. The summed E-state index contributed by atoms with van der Waals surface area (Å²) < 4.78 is 37.6. The van der Waals surface area contributed by atoms with E-state index in [9.17, 15) is 22.8 Å². The van der Waals surface area contributed by atoms with Crippen LogP contribution in [0, 0.1) is 0 Å². The molecule has 0 aliphatic carbocycles. The van der Waals surface area contributed by atoms with E-state index in [-0.39, 0.29) is 18.1 Å². The van der Waals surface area contributed by atoms with Crippen LogP contribution in [-0.4, -0.2) is 23.3 Å². The fourth-order valence-corrected chi connectivity index (χ4v) is 2.59. The van der Waals surface area contributed by atoms with Crippen molar-refractivity contribution in [1.29, 1.82) is 0 Å². The molecule has 0 unspecified atom stereocenters. The van der Waals surface area contributed by atoms with E-state index in [0.717, 1.165) is 24.3 Å². The Bertz CT molecular complexity index is 822. The zero-order chi connectivity index (χ0) is 18.2. The molecule has 2 aromatic rings. The van der Waals surface area contributed by atoms with Crippen LogP contribution < -0.4 is 5.32 Å². The van der Waals surface area contributed by atoms with Crippen molar-refractivity contribution in [2.45, 2.75) is 6.18 Å². The van der Waals surface area contributed by atoms with Gasteiger partial charge >= 0.3 is 6.18 Å². The van der Waals surface area contributed by atoms with Crippen LogP contribution in [0.25, 0.3) is 5.70 Å². The Morgan fingerprint density at radius 2 is 1.64 bits per heavy atom. The van der Waals surface area contributed by atoms with Gasteiger partial charge in [0.15, 0.2) is 0 Å². The van der Waals surface area contributed by atoms with E-state index in [1.54, 1.807) is 24.3 Å². The number of hydrogen-bond acceptors (Lipinski definition) is 2. The monoisotopic (exact) mass is 346 g/mol. The minimum atomic E-state index is -4.44. The molecule has 0 fully saturated rings. The average molecular weight is 346 g/mol. The van der Waals surface area contributed by atoms with Crippen LogP contribution in [0.2, 0.25) is 0 Å². The maximum absolute atomic E-state index is 12.5. The summed E-state index contributed by atoms with van der Waals surface area (Å²) in [6.07, 6.45) is -4.44. The Hall–Kier alpha value is -3.09. The molecule has 0 saturated carbocycles. The van der Waals surface area contributed by atoms with E-state index < -0.39 is 17.6 Å². The van der Waals surface area contributed by atoms with Crippen LogP contribution in [0.4, 0.5) is 18.9 Å². The molecule has 0 radical (unpaired) electrons. The second kappa shape index (κ2) is 6.08. The summed E-state index contributed by atoms with van der Waals surface area (Å²) in [5.74, 6) is -0.856. The van der Waals surface area contributed by atoms with Gasteiger partial charge in [-0.3, -0.25) is 14.5 Å². The first-order chi connectivity index (χ1) is 11.8. The Balaban J connectivity index is 1.68. The summed E-state index contributed by atoms with van der Waals surface area (Å²) in [7, 11) is 0. The normalized spacial score (nSPS) is 13.8. The molecule has 25 heavy (non-hydrogen) atoms. The molecule has 4 nitrogen and oxygen atoms in total. The number of alkyl halides is 3. The molecule has 0 bridgehead atoms. The number of amides is 2. The number of rotatable bonds is 3. The van der Waals surface area contributed by atoms with Crippen LogP contribution in [-0.2, 0) is 11.0 Å². The van der Waals surface area contributed by atoms with E-state index in [4.69, 9.17) is 0 Å². The second-order valence-electron chi connectivity index (χ2n) is 5.51. The molecule has 2 amide bonds. The van der Waals surface area contributed by atoms with Gasteiger partial charge in [-0.25, -0.2) is 0 Å². The second-order valence-corrected chi connectivity index (χ2v) is 5.51. The highest BCUT2D eigenvalue weighted by Gasteiger charge is 2.32. The molecule has 0 atom stereocenters. The van der Waals surface area contributed by atoms with Gasteiger partial charge in [0, 0.05) is 22.5 Å². The summed E-state index contributed by atoms with van der Waals surface area (Å²) in [6, 6.07) is 11.0. The fourth-order valence-electron chi connectivity index (χ4n) is 2.59. The SMILES string of the molecule is C=C1c2ccccc2C(=O)N1CC(=O)Nc1ccc(C(F)(F)F)cc1. The molecule has 7 heteroatoms. The van der Waals surface area contributed by atoms with Crippen LogP contribution in [0.15, 0.2) is 55.1 Å². The maximum Gasteiger partial charge on any atom is 0.416 e. The Kier molecular flexibility index (Phi) is 4.08. The van der Waals surface area contributed by atoms with Crippen molar-refractivity contribution in [3.63, 3.8) is 0 Å². The van der Waals surface area contributed by atoms with Crippen molar-refractivity contribution < 1.29 is 22.8 Å². The van der Waals surface area contributed by atoms with E-state index in [0.29, 0.717) is 16.8 Å². The molecule has 0 aromatic heterocycles. The highest BCUT2D eigenvalue weighted by Crippen LogP contribution is 2.31. The fraction of sp³-hybridized carbons (Fsp3) is 0.111. The van der Waals surface area contributed by atoms with Gasteiger partial charge in [0.1, 0.15) is 6.54 Å². The lowest BCUT2D eigenvalue weighted by Gasteiger charge is -2.17. The van der Waals surface area contributed by atoms with Gasteiger partial charge < -0.3 is 5.32 Å². The van der Waals surface area contributed by atoms with Gasteiger partial charge in [0.05, 0.1) is 5.56 Å². The Morgan fingerprint density at radius 1 is 1.04 bits per heavy atom. The minimum absolute atomic E-state index is 0.216. The molecule has 0 spiro atoms. The summed E-state index contributed by atoms with van der Waals surface area (Å²) in [4.78, 5) is 25.7. The lowest BCUT2D eigenvalue weighted by atomic mass is 10.1. The third kappa shape index (κ3) is 3.26. The molecule has 0 saturated heterocycles. The van der Waals surface area contributed by atoms with Gasteiger partial charge in [-0.2, -0.15) is 13.2 Å². The summed E-state index contributed by atoms with van der Waals surface area (Å²) in [5.41, 5.74) is 0.963. The number of carbonyl (C=O) groups is 2. The zero-order valence-electron chi connectivity index (χ0n) is 12.9. The van der Waals surface area contributed by atoms with Gasteiger partial charge in [0.25, 0.3) is 5.91 Å². The topological polar surface area (TPSA) is 49.4 Å². The van der Waals surface area contributed by atoms with Crippen LogP contribution in [0.3, 0.4) is 0 Å². The number of hydrogen-bond donors (Lipinski definition) is 1. The zero-order valence-corrected chi connectivity index (χ0v) is 12.9. The first-order valence-corrected chi connectivity index (χ1v) is 7.34. The lowest BCUT2D eigenvalue weighted by molar-refractivity contribution is -0.137. The Morgan fingerprint density at radius 3 is 2.20 bits per heavy atom. The Labute approximate surface area is 141 Å². The van der Waals surface area contributed by atoms with Crippen molar-refractivity contribution in [2.24, 2.45) is 0 Å². The van der Waals surface area contributed by atoms with Crippen molar-refractivity contribution in [2.75, 3.05) is 11.9 Å². The lowest BCUT2D eigenvalue weighted by Crippen LogP contribution is -2.32. The first-order valence-electron chi connectivity index (χ1n) is 7.34. The highest BCUT2D eigenvalue weighted by molar-refractivity contribution is 6.11. The van der Waals surface area contributed by atoms with Crippen molar-refractivity contribution in [3.05, 3.63) is 71.8 Å². The quantitative estimate of drug-likeness (QED) is 0.920. The van der Waals surface area contributed by atoms with Gasteiger partial charge in [-0.15, -0.1) is 0 Å². The molecule has 1 heterocycles. The predicted molar refractivity (Wildman–Crippen MR) is 86.6 cm³/mol. The van der Waals surface area contributed by atoms with Crippen LogP contribution >= 0.6 is 0 Å². The number of nitrogens with one attached hydrogen (secondary N) is 1. The molecule has 1 N–H and O–H groups in total. The van der Waals surface area contributed by atoms with E-state index >= 15 is 0 Å². The van der Waals surface area contributed by atoms with Gasteiger partial charge in [0.2, 0.25) is 5.91 Å². The molecule has 128 valence electrons. The standard InChI is InChI=1S/C18H13F3N2O2/c1-11-14-4-2-3-5-15(14)17(25)23(11)10-16(24)22-13-8-6-12(7-9-13)18(19,20)21/h2-9H,1,10H2,(H,22,24). The number of benzene rings is 2. The maximum atomic E-state index is 12.5. The first kappa shape index (κ1) is 16.8. The van der Waals surface area contributed by atoms with E-state index in [2.05, 4.69) is 11.9 Å². The van der Waals surface area contributed by atoms with Crippen molar-refractivity contribution >= 4 is 23.2 Å². The number of anilines is 1. The van der Waals surface area contributed by atoms with Crippen LogP contribution in [0.5, 0.6) is 0 Å². The van der Waals surface area contributed by atoms with Crippen molar-refractivity contribution in [1.82, 2.24) is 4.90 Å². The third-order valence-electron chi connectivity index (χ3n) is 3.84. The molecule has 1 aliphatic heterocycles. The number of nitrogens with zero attached hydrogens (tertiary/aromatic N) is 1. The van der Waals surface area contributed by atoms with Crippen molar-refractivity contribution in [3.8, 4) is 0 Å². The molecule has 1 aliphatic rings. The molecular formula is C18H13F3N2O2. The van der Waals surface area contributed by atoms with Gasteiger partial charge in [-0.05, 0) is 30.3 Å². The number of halogens is 3. The summed E-state index contributed by atoms with van der Waals surface area (Å²) in [5, 5.41) is 2.47. The molecule has 2 aromatic carbocycles. The highest BCUT2D eigenvalue weighted by atomic mass is 19.4. The molecular weight excluding hydrogens is 333 g/mol. The molecule has 3 rings (SSSR count). The van der Waals surface area contributed by atoms with Crippen LogP contribution in [0.1, 0.15) is 21.5 Å². The summed E-state index contributed by atoms with van der Waals surface area (Å²) >= 11 is 0. The summed E-state index contributed by atoms with van der Waals surface area (Å²) in [6.45, 7) is 3.56. The van der Waals surface area contributed by atoms with E-state index in [1.165, 1.54) is 4.90 Å². The van der Waals surface area contributed by atoms with E-state index in [1.807, 2.05) is 0 Å². The number of carbonyl (C=O) groups excluding carboxylic acids is 2.